The summed E-state index contributed by atoms with van der Waals surface area (Å²) in [5, 5.41) is 23.5. The number of hydrogen-bond donors (Lipinski definition) is 1. The average Bonchev–Trinajstić information content (AvgIpc) is 3.20. The lowest BCUT2D eigenvalue weighted by Crippen LogP contribution is -2.33. The third-order valence-electron chi connectivity index (χ3n) is 5.09. The SMILES string of the molecule is N#C/C(C(=O)NCc1ccccc1)=c1\s/c(=C/c2ccc([N+](=O)[O-])cc2)c(=O)n1-c1ccccc1. The Morgan fingerprint density at radius 1 is 1.03 bits per heavy atom. The van der Waals surface area contributed by atoms with E-state index in [2.05, 4.69) is 5.32 Å². The molecule has 1 N–H and O–H groups in total. The van der Waals surface area contributed by atoms with Crippen molar-refractivity contribution in [3.63, 3.8) is 0 Å². The zero-order valence-corrected chi connectivity index (χ0v) is 19.1. The number of rotatable bonds is 6. The number of para-hydroxylation sites is 1. The first-order valence-electron chi connectivity index (χ1n) is 10.5. The van der Waals surface area contributed by atoms with E-state index < -0.39 is 16.4 Å². The fourth-order valence-corrected chi connectivity index (χ4v) is 4.47. The second-order valence-electron chi connectivity index (χ2n) is 7.40. The number of non-ortho nitro benzene ring substituents is 1. The maximum Gasteiger partial charge on any atom is 0.273 e. The van der Waals surface area contributed by atoms with Crippen LogP contribution in [0.4, 0.5) is 5.69 Å². The second-order valence-corrected chi connectivity index (χ2v) is 8.43. The highest BCUT2D eigenvalue weighted by Crippen LogP contribution is 2.12. The van der Waals surface area contributed by atoms with Crippen LogP contribution in [0.5, 0.6) is 0 Å². The normalized spacial score (nSPS) is 12.0. The molecule has 0 fully saturated rings. The van der Waals surface area contributed by atoms with Crippen molar-refractivity contribution in [1.82, 2.24) is 9.88 Å². The molecule has 4 aromatic rings. The van der Waals surface area contributed by atoms with E-state index in [9.17, 15) is 25.0 Å². The van der Waals surface area contributed by atoms with Crippen LogP contribution < -0.4 is 20.1 Å². The number of nitrogens with one attached hydrogen (secondary N) is 1. The Balaban J connectivity index is 1.85. The number of aromatic nitrogens is 1. The summed E-state index contributed by atoms with van der Waals surface area (Å²) in [7, 11) is 0. The molecule has 9 heteroatoms. The quantitative estimate of drug-likeness (QED) is 0.335. The summed E-state index contributed by atoms with van der Waals surface area (Å²) in [6, 6.07) is 25.7. The molecule has 0 aliphatic heterocycles. The van der Waals surface area contributed by atoms with Crippen LogP contribution in [0.25, 0.3) is 17.3 Å². The molecule has 35 heavy (non-hydrogen) atoms. The number of thiazole rings is 1. The summed E-state index contributed by atoms with van der Waals surface area (Å²) in [6.07, 6.45) is 1.58. The van der Waals surface area contributed by atoms with Gasteiger partial charge in [0.2, 0.25) is 0 Å². The Hall–Kier alpha value is -4.81. The van der Waals surface area contributed by atoms with Gasteiger partial charge in [0, 0.05) is 18.7 Å². The zero-order chi connectivity index (χ0) is 24.8. The summed E-state index contributed by atoms with van der Waals surface area (Å²) < 4.78 is 1.81. The smallest absolute Gasteiger partial charge is 0.273 e. The van der Waals surface area contributed by atoms with Crippen LogP contribution in [0.2, 0.25) is 0 Å². The van der Waals surface area contributed by atoms with Gasteiger partial charge in [0.1, 0.15) is 10.7 Å². The minimum atomic E-state index is -0.593. The van der Waals surface area contributed by atoms with Gasteiger partial charge in [-0.3, -0.25) is 24.3 Å². The molecule has 0 bridgehead atoms. The van der Waals surface area contributed by atoms with Gasteiger partial charge in [-0.05, 0) is 41.5 Å². The molecular formula is C26H18N4O4S. The van der Waals surface area contributed by atoms with Crippen molar-refractivity contribution in [2.24, 2.45) is 0 Å². The molecule has 0 aliphatic rings. The molecule has 8 nitrogen and oxygen atoms in total. The molecule has 0 atom stereocenters. The summed E-state index contributed by atoms with van der Waals surface area (Å²) in [6.45, 7) is 0.230. The second kappa shape index (κ2) is 10.4. The van der Waals surface area contributed by atoms with Crippen LogP contribution in [0.1, 0.15) is 11.1 Å². The average molecular weight is 483 g/mol. The number of amides is 1. The van der Waals surface area contributed by atoms with Gasteiger partial charge in [-0.2, -0.15) is 5.26 Å². The minimum absolute atomic E-state index is 0.0640. The highest BCUT2D eigenvalue weighted by Gasteiger charge is 2.17. The van der Waals surface area contributed by atoms with Gasteiger partial charge < -0.3 is 5.32 Å². The molecule has 0 saturated carbocycles. The van der Waals surface area contributed by atoms with E-state index in [4.69, 9.17) is 0 Å². The topological polar surface area (TPSA) is 118 Å². The van der Waals surface area contributed by atoms with Crippen molar-refractivity contribution in [2.45, 2.75) is 6.54 Å². The zero-order valence-electron chi connectivity index (χ0n) is 18.3. The monoisotopic (exact) mass is 482 g/mol. The number of nitro benzene ring substituents is 1. The fraction of sp³-hybridized carbons (Fsp3) is 0.0385. The number of hydrogen-bond acceptors (Lipinski definition) is 6. The molecule has 0 saturated heterocycles. The first-order valence-corrected chi connectivity index (χ1v) is 11.3. The molecule has 4 rings (SSSR count). The van der Waals surface area contributed by atoms with E-state index in [1.54, 1.807) is 36.4 Å². The Morgan fingerprint density at radius 2 is 1.66 bits per heavy atom. The number of nitriles is 1. The molecule has 1 aromatic heterocycles. The van der Waals surface area contributed by atoms with Gasteiger partial charge >= 0.3 is 0 Å². The van der Waals surface area contributed by atoms with Crippen molar-refractivity contribution in [3.05, 3.63) is 126 Å². The van der Waals surface area contributed by atoms with Crippen LogP contribution in [0.15, 0.2) is 89.7 Å². The van der Waals surface area contributed by atoms with Crippen molar-refractivity contribution in [2.75, 3.05) is 0 Å². The van der Waals surface area contributed by atoms with Crippen LogP contribution in [0, 0.1) is 21.4 Å². The number of carbonyl (C=O) groups is 1. The standard InChI is InChI=1S/C26H18N4O4S/c27-16-22(24(31)28-17-19-7-3-1-4-8-19)26-29(20-9-5-2-6-10-20)25(32)23(35-26)15-18-11-13-21(14-12-18)30(33)34/h1-15H,17H2,(H,28,31)/b23-15+,26-22+. The first kappa shape index (κ1) is 23.4. The van der Waals surface area contributed by atoms with Crippen molar-refractivity contribution in [3.8, 4) is 11.8 Å². The molecule has 0 radical (unpaired) electrons. The third-order valence-corrected chi connectivity index (χ3v) is 6.18. The molecule has 0 unspecified atom stereocenters. The van der Waals surface area contributed by atoms with E-state index in [-0.39, 0.29) is 27.0 Å². The Morgan fingerprint density at radius 3 is 2.26 bits per heavy atom. The largest absolute Gasteiger partial charge is 0.347 e. The van der Waals surface area contributed by atoms with Crippen LogP contribution in [-0.2, 0) is 11.3 Å². The van der Waals surface area contributed by atoms with Gasteiger partial charge in [0.25, 0.3) is 17.2 Å². The van der Waals surface area contributed by atoms with Gasteiger partial charge in [0.05, 0.1) is 15.1 Å². The van der Waals surface area contributed by atoms with Crippen LogP contribution in [-0.4, -0.2) is 15.4 Å². The lowest BCUT2D eigenvalue weighted by atomic mass is 10.2. The summed E-state index contributed by atoms with van der Waals surface area (Å²) >= 11 is 1.01. The number of carbonyl (C=O) groups excluding carboxylic acids is 1. The highest BCUT2D eigenvalue weighted by molar-refractivity contribution is 7.07. The number of nitrogens with zero attached hydrogens (tertiary/aromatic N) is 3. The molecule has 1 amide bonds. The van der Waals surface area contributed by atoms with E-state index in [1.165, 1.54) is 28.8 Å². The molecule has 0 aliphatic carbocycles. The maximum atomic E-state index is 13.4. The van der Waals surface area contributed by atoms with E-state index >= 15 is 0 Å². The van der Waals surface area contributed by atoms with Crippen LogP contribution in [0.3, 0.4) is 0 Å². The Kier molecular flexibility index (Phi) is 6.95. The molecule has 0 spiro atoms. The third kappa shape index (κ3) is 5.24. The van der Waals surface area contributed by atoms with E-state index in [1.807, 2.05) is 36.4 Å². The van der Waals surface area contributed by atoms with E-state index in [0.717, 1.165) is 16.9 Å². The molecule has 1 heterocycles. The molecule has 172 valence electrons. The summed E-state index contributed by atoms with van der Waals surface area (Å²) in [5.74, 6) is -0.593. The molecular weight excluding hydrogens is 464 g/mol. The van der Waals surface area contributed by atoms with Crippen molar-refractivity contribution >= 4 is 34.6 Å². The minimum Gasteiger partial charge on any atom is -0.347 e. The predicted molar refractivity (Wildman–Crippen MR) is 133 cm³/mol. The molecule has 3 aromatic carbocycles. The lowest BCUT2D eigenvalue weighted by molar-refractivity contribution is -0.384. The maximum absolute atomic E-state index is 13.4. The Labute approximate surface area is 203 Å². The van der Waals surface area contributed by atoms with Crippen LogP contribution >= 0.6 is 11.3 Å². The van der Waals surface area contributed by atoms with Gasteiger partial charge in [-0.25, -0.2) is 0 Å². The summed E-state index contributed by atoms with van der Waals surface area (Å²) in [4.78, 5) is 36.7. The van der Waals surface area contributed by atoms with Gasteiger partial charge in [-0.1, -0.05) is 48.5 Å². The first-order chi connectivity index (χ1) is 17.0. The Bertz CT molecular complexity index is 1600. The number of benzene rings is 3. The number of nitro groups is 1. The van der Waals surface area contributed by atoms with Gasteiger partial charge in [0.15, 0.2) is 5.57 Å². The fourth-order valence-electron chi connectivity index (χ4n) is 3.37. The van der Waals surface area contributed by atoms with Gasteiger partial charge in [-0.15, -0.1) is 11.3 Å². The lowest BCUT2D eigenvalue weighted by Gasteiger charge is -2.06. The van der Waals surface area contributed by atoms with Crippen molar-refractivity contribution in [1.29, 1.82) is 5.26 Å². The van der Waals surface area contributed by atoms with Crippen molar-refractivity contribution < 1.29 is 9.72 Å². The highest BCUT2D eigenvalue weighted by atomic mass is 32.1. The van der Waals surface area contributed by atoms with E-state index in [0.29, 0.717) is 11.3 Å². The summed E-state index contributed by atoms with van der Waals surface area (Å²) in [5.41, 5.74) is 1.31. The predicted octanol–water partition coefficient (Wildman–Crippen LogP) is 2.63.